The largest absolute Gasteiger partial charge is 0.336 e. The van der Waals surface area contributed by atoms with Crippen LogP contribution in [-0.4, -0.2) is 39.4 Å². The maximum atomic E-state index is 12.9. The lowest BCUT2D eigenvalue weighted by Gasteiger charge is -2.25. The first-order chi connectivity index (χ1) is 14.0. The Morgan fingerprint density at radius 2 is 1.97 bits per heavy atom. The quantitative estimate of drug-likeness (QED) is 0.659. The molecule has 0 unspecified atom stereocenters. The van der Waals surface area contributed by atoms with Crippen LogP contribution in [0.15, 0.2) is 35.7 Å². The molecule has 0 fully saturated rings. The Labute approximate surface area is 176 Å². The van der Waals surface area contributed by atoms with E-state index in [0.717, 1.165) is 21.1 Å². The monoisotopic (exact) mass is 427 g/mol. The maximum Gasteiger partial charge on any atom is 0.321 e. The number of hydrogen-bond acceptors (Lipinski definition) is 6. The fourth-order valence-electron chi connectivity index (χ4n) is 3.06. The molecule has 0 atom stereocenters. The van der Waals surface area contributed by atoms with E-state index in [0.29, 0.717) is 30.3 Å². The number of benzene rings is 1. The summed E-state index contributed by atoms with van der Waals surface area (Å²) in [7, 11) is 0. The lowest BCUT2D eigenvalue weighted by Crippen LogP contribution is -2.35. The molecule has 0 saturated carbocycles. The van der Waals surface area contributed by atoms with E-state index in [-0.39, 0.29) is 18.0 Å². The van der Waals surface area contributed by atoms with Crippen LogP contribution in [0.3, 0.4) is 0 Å². The van der Waals surface area contributed by atoms with Crippen LogP contribution in [0.4, 0.5) is 9.93 Å². The van der Waals surface area contributed by atoms with Gasteiger partial charge in [0.25, 0.3) is 5.91 Å². The van der Waals surface area contributed by atoms with Crippen molar-refractivity contribution in [3.05, 3.63) is 52.0 Å². The predicted octanol–water partition coefficient (Wildman–Crippen LogP) is 4.00. The van der Waals surface area contributed by atoms with Crippen LogP contribution in [0, 0.1) is 0 Å². The third-order valence-electron chi connectivity index (χ3n) is 4.40. The standard InChI is InChI=1S/C20H21N5O2S2/c1-12(2)21-19(27)24-20-23-14-8-9-25(10-16(14)29-20)18(26)15-11-28-17(22-15)13-6-4-3-5-7-13/h3-7,11-12H,8-10H2,1-2H3,(H2,21,23,24,27). The molecule has 1 aliphatic heterocycles. The zero-order valence-electron chi connectivity index (χ0n) is 16.1. The molecule has 2 aromatic heterocycles. The molecule has 0 aliphatic carbocycles. The van der Waals surface area contributed by atoms with Crippen LogP contribution in [0.2, 0.25) is 0 Å². The van der Waals surface area contributed by atoms with E-state index in [9.17, 15) is 9.59 Å². The van der Waals surface area contributed by atoms with Gasteiger partial charge in [0.05, 0.1) is 12.2 Å². The Bertz CT molecular complexity index is 1030. The molecule has 2 N–H and O–H groups in total. The summed E-state index contributed by atoms with van der Waals surface area (Å²) >= 11 is 2.89. The second-order valence-corrected chi connectivity index (χ2v) is 8.96. The molecule has 7 nitrogen and oxygen atoms in total. The Morgan fingerprint density at radius 3 is 2.72 bits per heavy atom. The topological polar surface area (TPSA) is 87.2 Å². The van der Waals surface area contributed by atoms with E-state index in [4.69, 9.17) is 0 Å². The minimum absolute atomic E-state index is 0.0524. The molecular formula is C20H21N5O2S2. The second-order valence-electron chi connectivity index (χ2n) is 7.02. The Balaban J connectivity index is 1.44. The Morgan fingerprint density at radius 1 is 1.17 bits per heavy atom. The summed E-state index contributed by atoms with van der Waals surface area (Å²) in [6.45, 7) is 4.87. The molecule has 0 spiro atoms. The van der Waals surface area contributed by atoms with Gasteiger partial charge in [-0.25, -0.2) is 14.8 Å². The Kier molecular flexibility index (Phi) is 5.59. The van der Waals surface area contributed by atoms with E-state index in [1.165, 1.54) is 22.7 Å². The van der Waals surface area contributed by atoms with Crippen LogP contribution in [0.25, 0.3) is 10.6 Å². The van der Waals surface area contributed by atoms with Crippen LogP contribution in [-0.2, 0) is 13.0 Å². The van der Waals surface area contributed by atoms with Gasteiger partial charge in [-0.1, -0.05) is 41.7 Å². The van der Waals surface area contributed by atoms with Crippen LogP contribution in [0.5, 0.6) is 0 Å². The SMILES string of the molecule is CC(C)NC(=O)Nc1nc2c(s1)CN(C(=O)c1csc(-c3ccccc3)n1)CC2. The van der Waals surface area contributed by atoms with E-state index in [1.54, 1.807) is 4.90 Å². The summed E-state index contributed by atoms with van der Waals surface area (Å²) in [4.78, 5) is 36.7. The molecular weight excluding hydrogens is 406 g/mol. The van der Waals surface area contributed by atoms with Gasteiger partial charge in [0, 0.05) is 34.8 Å². The summed E-state index contributed by atoms with van der Waals surface area (Å²) in [5.74, 6) is -0.0745. The van der Waals surface area contributed by atoms with Crippen molar-refractivity contribution in [2.45, 2.75) is 32.9 Å². The molecule has 29 heavy (non-hydrogen) atoms. The van der Waals surface area contributed by atoms with Crippen molar-refractivity contribution < 1.29 is 9.59 Å². The summed E-state index contributed by atoms with van der Waals surface area (Å²) < 4.78 is 0. The van der Waals surface area contributed by atoms with Crippen LogP contribution >= 0.6 is 22.7 Å². The number of thiazole rings is 2. The number of carbonyl (C=O) groups is 2. The number of amides is 3. The van der Waals surface area contributed by atoms with Gasteiger partial charge in [-0.2, -0.15) is 0 Å². The number of nitrogens with one attached hydrogen (secondary N) is 2. The highest BCUT2D eigenvalue weighted by Crippen LogP contribution is 2.30. The molecule has 0 saturated heterocycles. The average molecular weight is 428 g/mol. The summed E-state index contributed by atoms with van der Waals surface area (Å²) in [6, 6.07) is 9.64. The maximum absolute atomic E-state index is 12.9. The van der Waals surface area contributed by atoms with Gasteiger partial charge in [-0.15, -0.1) is 11.3 Å². The van der Waals surface area contributed by atoms with Crippen molar-refractivity contribution >= 4 is 39.7 Å². The van der Waals surface area contributed by atoms with Crippen LogP contribution < -0.4 is 10.6 Å². The van der Waals surface area contributed by atoms with Crippen molar-refractivity contribution in [3.63, 3.8) is 0 Å². The van der Waals surface area contributed by atoms with E-state index in [2.05, 4.69) is 20.6 Å². The molecule has 9 heteroatoms. The van der Waals surface area contributed by atoms with Gasteiger partial charge < -0.3 is 10.2 Å². The third kappa shape index (κ3) is 4.46. The highest BCUT2D eigenvalue weighted by atomic mass is 32.1. The first kappa shape index (κ1) is 19.5. The third-order valence-corrected chi connectivity index (χ3v) is 6.29. The molecule has 0 radical (unpaired) electrons. The van der Waals surface area contributed by atoms with E-state index >= 15 is 0 Å². The molecule has 1 aromatic carbocycles. The highest BCUT2D eigenvalue weighted by molar-refractivity contribution is 7.16. The van der Waals surface area contributed by atoms with Gasteiger partial charge in [0.1, 0.15) is 10.7 Å². The van der Waals surface area contributed by atoms with E-state index < -0.39 is 0 Å². The number of urea groups is 1. The van der Waals surface area contributed by atoms with Gasteiger partial charge in [-0.05, 0) is 13.8 Å². The number of rotatable bonds is 4. The number of anilines is 1. The summed E-state index contributed by atoms with van der Waals surface area (Å²) in [5, 5.41) is 8.77. The summed E-state index contributed by atoms with van der Waals surface area (Å²) in [6.07, 6.45) is 0.667. The second kappa shape index (κ2) is 8.30. The first-order valence-corrected chi connectivity index (χ1v) is 11.1. The van der Waals surface area contributed by atoms with Crippen molar-refractivity contribution in [1.82, 2.24) is 20.2 Å². The molecule has 3 heterocycles. The minimum atomic E-state index is -0.269. The highest BCUT2D eigenvalue weighted by Gasteiger charge is 2.26. The van der Waals surface area contributed by atoms with Gasteiger partial charge in [0.15, 0.2) is 5.13 Å². The number of hydrogen-bond donors (Lipinski definition) is 2. The summed E-state index contributed by atoms with van der Waals surface area (Å²) in [5.41, 5.74) is 2.42. The molecule has 3 amide bonds. The lowest BCUT2D eigenvalue weighted by atomic mass is 10.1. The van der Waals surface area contributed by atoms with Crippen molar-refractivity contribution in [2.75, 3.05) is 11.9 Å². The fourth-order valence-corrected chi connectivity index (χ4v) is 4.88. The van der Waals surface area contributed by atoms with Gasteiger partial charge >= 0.3 is 6.03 Å². The normalized spacial score (nSPS) is 13.3. The smallest absolute Gasteiger partial charge is 0.321 e. The first-order valence-electron chi connectivity index (χ1n) is 9.36. The van der Waals surface area contributed by atoms with Crippen molar-refractivity contribution in [3.8, 4) is 10.6 Å². The zero-order valence-corrected chi connectivity index (χ0v) is 17.8. The predicted molar refractivity (Wildman–Crippen MR) is 115 cm³/mol. The molecule has 3 aromatic rings. The fraction of sp³-hybridized carbons (Fsp3) is 0.300. The average Bonchev–Trinajstić information content (AvgIpc) is 3.33. The number of fused-ring (bicyclic) bond motifs is 1. The van der Waals surface area contributed by atoms with E-state index in [1.807, 2.05) is 49.6 Å². The minimum Gasteiger partial charge on any atom is -0.336 e. The number of carbonyl (C=O) groups excluding carboxylic acids is 2. The van der Waals surface area contributed by atoms with Crippen LogP contribution in [0.1, 0.15) is 34.9 Å². The van der Waals surface area contributed by atoms with Gasteiger partial charge in [-0.3, -0.25) is 10.1 Å². The zero-order chi connectivity index (χ0) is 20.4. The Hall–Kier alpha value is -2.78. The van der Waals surface area contributed by atoms with Crippen molar-refractivity contribution in [1.29, 1.82) is 0 Å². The molecule has 150 valence electrons. The molecule has 1 aliphatic rings. The lowest BCUT2D eigenvalue weighted by molar-refractivity contribution is 0.0731. The van der Waals surface area contributed by atoms with Gasteiger partial charge in [0.2, 0.25) is 0 Å². The number of nitrogens with zero attached hydrogens (tertiary/aromatic N) is 3. The number of aromatic nitrogens is 2. The molecule has 4 rings (SSSR count). The van der Waals surface area contributed by atoms with Crippen molar-refractivity contribution in [2.24, 2.45) is 0 Å². The molecule has 0 bridgehead atoms.